The fourth-order valence-corrected chi connectivity index (χ4v) is 2.86. The molecule has 1 aliphatic rings. The first-order chi connectivity index (χ1) is 6.77. The smallest absolute Gasteiger partial charge is 0.0608 e. The largest absolute Gasteiger partial charge is 0.398 e. The van der Waals surface area contributed by atoms with Gasteiger partial charge in [0, 0.05) is 15.9 Å². The zero-order valence-corrected chi connectivity index (χ0v) is 10.1. The fraction of sp³-hybridized carbons (Fsp3) is 0.400. The highest BCUT2D eigenvalue weighted by atomic mass is 79.9. The molecule has 2 N–H and O–H groups in total. The molecule has 1 fully saturated rings. The third kappa shape index (κ3) is 2.24. The fourth-order valence-electron chi connectivity index (χ4n) is 1.23. The highest BCUT2D eigenvalue weighted by Crippen LogP contribution is 2.30. The molecule has 0 aliphatic carbocycles. The Kier molecular flexibility index (Phi) is 3.36. The van der Waals surface area contributed by atoms with E-state index in [1.807, 2.05) is 23.9 Å². The molecule has 0 amide bonds. The Morgan fingerprint density at radius 2 is 2.29 bits per heavy atom. The van der Waals surface area contributed by atoms with Gasteiger partial charge in [-0.1, -0.05) is 12.1 Å². The Morgan fingerprint density at radius 1 is 1.50 bits per heavy atom. The third-order valence-electron chi connectivity index (χ3n) is 2.19. The van der Waals surface area contributed by atoms with Gasteiger partial charge in [-0.25, -0.2) is 0 Å². The van der Waals surface area contributed by atoms with Gasteiger partial charge >= 0.3 is 0 Å². The van der Waals surface area contributed by atoms with Gasteiger partial charge in [-0.2, -0.15) is 0 Å². The normalized spacial score (nSPS) is 16.6. The molecule has 0 unspecified atom stereocenters. The number of benzene rings is 1. The molecule has 0 radical (unpaired) electrons. The van der Waals surface area contributed by atoms with E-state index in [-0.39, 0.29) is 0 Å². The van der Waals surface area contributed by atoms with Crippen LogP contribution in [0.15, 0.2) is 22.7 Å². The van der Waals surface area contributed by atoms with Gasteiger partial charge in [-0.15, -0.1) is 11.8 Å². The Balaban J connectivity index is 1.97. The van der Waals surface area contributed by atoms with Crippen molar-refractivity contribution in [2.75, 3.05) is 18.9 Å². The molecule has 1 aromatic carbocycles. The lowest BCUT2D eigenvalue weighted by molar-refractivity contribution is 0.0455. The highest BCUT2D eigenvalue weighted by molar-refractivity contribution is 9.10. The average molecular weight is 274 g/mol. The summed E-state index contributed by atoms with van der Waals surface area (Å²) >= 11 is 5.43. The van der Waals surface area contributed by atoms with Crippen LogP contribution in [-0.4, -0.2) is 18.5 Å². The van der Waals surface area contributed by atoms with E-state index in [2.05, 4.69) is 22.0 Å². The minimum Gasteiger partial charge on any atom is -0.398 e. The Morgan fingerprint density at radius 3 is 2.93 bits per heavy atom. The lowest BCUT2D eigenvalue weighted by Gasteiger charge is -2.25. The predicted molar refractivity (Wildman–Crippen MR) is 64.5 cm³/mol. The van der Waals surface area contributed by atoms with Crippen molar-refractivity contribution in [2.24, 2.45) is 0 Å². The van der Waals surface area contributed by atoms with E-state index in [0.29, 0.717) is 5.25 Å². The second-order valence-corrected chi connectivity index (χ2v) is 5.37. The molecule has 76 valence electrons. The van der Waals surface area contributed by atoms with Crippen molar-refractivity contribution in [1.82, 2.24) is 0 Å². The topological polar surface area (TPSA) is 35.2 Å². The molecule has 1 aromatic rings. The van der Waals surface area contributed by atoms with Crippen LogP contribution in [0.3, 0.4) is 0 Å². The lowest BCUT2D eigenvalue weighted by Crippen LogP contribution is -2.30. The molecule has 0 aromatic heterocycles. The summed E-state index contributed by atoms with van der Waals surface area (Å²) in [6, 6.07) is 6.00. The monoisotopic (exact) mass is 273 g/mol. The first kappa shape index (κ1) is 10.3. The van der Waals surface area contributed by atoms with Crippen LogP contribution in [0.25, 0.3) is 0 Å². The number of hydrogen-bond acceptors (Lipinski definition) is 3. The van der Waals surface area contributed by atoms with Gasteiger partial charge in [0.25, 0.3) is 0 Å². The highest BCUT2D eigenvalue weighted by Gasteiger charge is 2.18. The maximum atomic E-state index is 5.79. The van der Waals surface area contributed by atoms with Crippen LogP contribution < -0.4 is 5.73 Å². The van der Waals surface area contributed by atoms with Gasteiger partial charge in [-0.05, 0) is 27.6 Å². The average Bonchev–Trinajstić information content (AvgIpc) is 2.09. The van der Waals surface area contributed by atoms with Gasteiger partial charge in [0.1, 0.15) is 0 Å². The van der Waals surface area contributed by atoms with Gasteiger partial charge in [0.05, 0.1) is 18.5 Å². The van der Waals surface area contributed by atoms with E-state index in [1.54, 1.807) is 0 Å². The standard InChI is InChI=1S/C10H12BrNOS/c11-10-7(2-1-3-9(10)12)6-14-8-4-13-5-8/h1-3,8H,4-6,12H2. The van der Waals surface area contributed by atoms with Gasteiger partial charge in [0.15, 0.2) is 0 Å². The zero-order valence-electron chi connectivity index (χ0n) is 7.70. The number of nitrogens with two attached hydrogens (primary N) is 1. The first-order valence-electron chi connectivity index (χ1n) is 4.49. The second-order valence-electron chi connectivity index (χ2n) is 3.29. The summed E-state index contributed by atoms with van der Waals surface area (Å²) in [6.07, 6.45) is 0. The molecule has 2 nitrogen and oxygen atoms in total. The Bertz CT molecular complexity index is 328. The van der Waals surface area contributed by atoms with Gasteiger partial charge in [-0.3, -0.25) is 0 Å². The van der Waals surface area contributed by atoms with E-state index in [4.69, 9.17) is 10.5 Å². The molecular weight excluding hydrogens is 262 g/mol. The van der Waals surface area contributed by atoms with Gasteiger partial charge in [0.2, 0.25) is 0 Å². The Hall–Kier alpha value is -0.190. The molecule has 1 heterocycles. The number of nitrogen functional groups attached to an aromatic ring is 1. The summed E-state index contributed by atoms with van der Waals surface area (Å²) in [7, 11) is 0. The molecule has 0 spiro atoms. The van der Waals surface area contributed by atoms with Crippen molar-refractivity contribution in [3.63, 3.8) is 0 Å². The van der Waals surface area contributed by atoms with E-state index in [0.717, 1.165) is 29.1 Å². The molecular formula is C10H12BrNOS. The van der Waals surface area contributed by atoms with E-state index in [1.165, 1.54) is 5.56 Å². The molecule has 14 heavy (non-hydrogen) atoms. The lowest BCUT2D eigenvalue weighted by atomic mass is 10.2. The summed E-state index contributed by atoms with van der Waals surface area (Å²) < 4.78 is 6.15. The number of anilines is 1. The van der Waals surface area contributed by atoms with Crippen LogP contribution >= 0.6 is 27.7 Å². The van der Waals surface area contributed by atoms with Crippen molar-refractivity contribution in [3.05, 3.63) is 28.2 Å². The summed E-state index contributed by atoms with van der Waals surface area (Å²) in [5.41, 5.74) is 7.87. The summed E-state index contributed by atoms with van der Waals surface area (Å²) in [5.74, 6) is 1.000. The van der Waals surface area contributed by atoms with Crippen molar-refractivity contribution in [2.45, 2.75) is 11.0 Å². The molecule has 4 heteroatoms. The molecule has 0 atom stereocenters. The van der Waals surface area contributed by atoms with Crippen LogP contribution in [-0.2, 0) is 10.5 Å². The zero-order chi connectivity index (χ0) is 9.97. The number of thioether (sulfide) groups is 1. The maximum absolute atomic E-state index is 5.79. The van der Waals surface area contributed by atoms with Crippen LogP contribution in [0.2, 0.25) is 0 Å². The molecule has 2 rings (SSSR count). The maximum Gasteiger partial charge on any atom is 0.0608 e. The number of rotatable bonds is 3. The summed E-state index contributed by atoms with van der Waals surface area (Å²) in [4.78, 5) is 0. The van der Waals surface area contributed by atoms with Gasteiger partial charge < -0.3 is 10.5 Å². The van der Waals surface area contributed by atoms with Crippen molar-refractivity contribution < 1.29 is 4.74 Å². The molecule has 1 saturated heterocycles. The minimum absolute atomic E-state index is 0.670. The second kappa shape index (κ2) is 4.55. The summed E-state index contributed by atoms with van der Waals surface area (Å²) in [6.45, 7) is 1.79. The molecule has 0 bridgehead atoms. The van der Waals surface area contributed by atoms with Crippen LogP contribution in [0.5, 0.6) is 0 Å². The van der Waals surface area contributed by atoms with Crippen molar-refractivity contribution in [3.8, 4) is 0 Å². The number of ether oxygens (including phenoxy) is 1. The van der Waals surface area contributed by atoms with Crippen molar-refractivity contribution >= 4 is 33.4 Å². The number of halogens is 1. The SMILES string of the molecule is Nc1cccc(CSC2COC2)c1Br. The summed E-state index contributed by atoms with van der Waals surface area (Å²) in [5, 5.41) is 0.670. The molecule has 1 aliphatic heterocycles. The third-order valence-corrected chi connectivity index (χ3v) is 4.38. The molecule has 0 saturated carbocycles. The first-order valence-corrected chi connectivity index (χ1v) is 6.34. The quantitative estimate of drug-likeness (QED) is 0.861. The minimum atomic E-state index is 0.670. The van der Waals surface area contributed by atoms with Crippen LogP contribution in [0.1, 0.15) is 5.56 Å². The predicted octanol–water partition coefficient (Wildman–Crippen LogP) is 2.66. The van der Waals surface area contributed by atoms with E-state index in [9.17, 15) is 0 Å². The van der Waals surface area contributed by atoms with E-state index < -0.39 is 0 Å². The number of hydrogen-bond donors (Lipinski definition) is 1. The van der Waals surface area contributed by atoms with E-state index >= 15 is 0 Å². The van der Waals surface area contributed by atoms with Crippen LogP contribution in [0, 0.1) is 0 Å². The van der Waals surface area contributed by atoms with Crippen LogP contribution in [0.4, 0.5) is 5.69 Å². The van der Waals surface area contributed by atoms with Crippen molar-refractivity contribution in [1.29, 1.82) is 0 Å². The Labute approximate surface area is 96.3 Å².